The zero-order valence-electron chi connectivity index (χ0n) is 9.96. The van der Waals surface area contributed by atoms with Gasteiger partial charge < -0.3 is 9.78 Å². The van der Waals surface area contributed by atoms with Crippen molar-refractivity contribution in [2.24, 2.45) is 0 Å². The summed E-state index contributed by atoms with van der Waals surface area (Å²) in [7, 11) is 0. The lowest BCUT2D eigenvalue weighted by molar-refractivity contribution is -0.107. The highest BCUT2D eigenvalue weighted by atomic mass is 16.1. The number of aromatic nitrogens is 1. The van der Waals surface area contributed by atoms with Crippen molar-refractivity contribution in [3.63, 3.8) is 0 Å². The normalized spacial score (nSPS) is 14.8. The van der Waals surface area contributed by atoms with Gasteiger partial charge in [-0.2, -0.15) is 0 Å². The lowest BCUT2D eigenvalue weighted by atomic mass is 9.95. The summed E-state index contributed by atoms with van der Waals surface area (Å²) >= 11 is 0. The molecule has 0 atom stereocenters. The SMILES string of the molecule is O=CCCc1ccc2[nH]c3c(c2c1)CCCC3. The fourth-order valence-corrected chi connectivity index (χ4v) is 2.83. The van der Waals surface area contributed by atoms with E-state index in [1.165, 1.54) is 53.4 Å². The van der Waals surface area contributed by atoms with Crippen molar-refractivity contribution in [1.82, 2.24) is 4.98 Å². The minimum atomic E-state index is 0.623. The van der Waals surface area contributed by atoms with Crippen molar-refractivity contribution in [2.75, 3.05) is 0 Å². The number of fused-ring (bicyclic) bond motifs is 3. The first-order valence-corrected chi connectivity index (χ1v) is 6.44. The number of carbonyl (C=O) groups excluding carboxylic acids is 1. The molecule has 17 heavy (non-hydrogen) atoms. The first kappa shape index (κ1) is 10.6. The Balaban J connectivity index is 2.04. The van der Waals surface area contributed by atoms with Gasteiger partial charge in [-0.1, -0.05) is 6.07 Å². The summed E-state index contributed by atoms with van der Waals surface area (Å²) in [4.78, 5) is 13.9. The summed E-state index contributed by atoms with van der Waals surface area (Å²) in [5.74, 6) is 0. The minimum absolute atomic E-state index is 0.623. The number of benzene rings is 1. The van der Waals surface area contributed by atoms with Crippen LogP contribution in [0.5, 0.6) is 0 Å². The summed E-state index contributed by atoms with van der Waals surface area (Å²) in [6.07, 6.45) is 7.48. The minimum Gasteiger partial charge on any atom is -0.358 e. The molecule has 1 aliphatic carbocycles. The molecule has 0 amide bonds. The van der Waals surface area contributed by atoms with E-state index in [4.69, 9.17) is 0 Å². The molecule has 2 heteroatoms. The van der Waals surface area contributed by atoms with Crippen molar-refractivity contribution in [1.29, 1.82) is 0 Å². The van der Waals surface area contributed by atoms with Gasteiger partial charge in [0, 0.05) is 23.0 Å². The van der Waals surface area contributed by atoms with Crippen molar-refractivity contribution in [3.8, 4) is 0 Å². The van der Waals surface area contributed by atoms with E-state index < -0.39 is 0 Å². The van der Waals surface area contributed by atoms with Gasteiger partial charge in [-0.15, -0.1) is 0 Å². The zero-order valence-corrected chi connectivity index (χ0v) is 9.96. The van der Waals surface area contributed by atoms with Gasteiger partial charge in [0.2, 0.25) is 0 Å². The van der Waals surface area contributed by atoms with Crippen molar-refractivity contribution < 1.29 is 4.79 Å². The van der Waals surface area contributed by atoms with Crippen LogP contribution in [0.25, 0.3) is 10.9 Å². The summed E-state index contributed by atoms with van der Waals surface area (Å²) in [5, 5.41) is 1.38. The van der Waals surface area contributed by atoms with E-state index in [-0.39, 0.29) is 0 Å². The highest BCUT2D eigenvalue weighted by Gasteiger charge is 2.15. The number of aryl methyl sites for hydroxylation is 3. The van der Waals surface area contributed by atoms with Gasteiger partial charge in [0.05, 0.1) is 0 Å². The summed E-state index contributed by atoms with van der Waals surface area (Å²) < 4.78 is 0. The molecule has 1 N–H and O–H groups in total. The predicted octanol–water partition coefficient (Wildman–Crippen LogP) is 3.18. The summed E-state index contributed by atoms with van der Waals surface area (Å²) in [6, 6.07) is 6.56. The fraction of sp³-hybridized carbons (Fsp3) is 0.400. The van der Waals surface area contributed by atoms with Crippen LogP contribution in [-0.2, 0) is 24.1 Å². The van der Waals surface area contributed by atoms with Crippen LogP contribution in [0.3, 0.4) is 0 Å². The van der Waals surface area contributed by atoms with E-state index in [0.717, 1.165) is 12.7 Å². The molecule has 1 aromatic heterocycles. The van der Waals surface area contributed by atoms with Crippen molar-refractivity contribution >= 4 is 17.2 Å². The molecule has 1 aliphatic rings. The van der Waals surface area contributed by atoms with Gasteiger partial charge >= 0.3 is 0 Å². The lowest BCUT2D eigenvalue weighted by Gasteiger charge is -2.10. The first-order chi connectivity index (χ1) is 8.38. The van der Waals surface area contributed by atoms with Crippen molar-refractivity contribution in [2.45, 2.75) is 38.5 Å². The Morgan fingerprint density at radius 2 is 2.12 bits per heavy atom. The Bertz CT molecular complexity index is 553. The van der Waals surface area contributed by atoms with Gasteiger partial charge in [0.25, 0.3) is 0 Å². The summed E-state index contributed by atoms with van der Waals surface area (Å²) in [5.41, 5.74) is 5.47. The molecule has 0 saturated heterocycles. The van der Waals surface area contributed by atoms with Gasteiger partial charge in [0.1, 0.15) is 6.29 Å². The van der Waals surface area contributed by atoms with E-state index in [0.29, 0.717) is 6.42 Å². The Kier molecular flexibility index (Phi) is 2.71. The number of hydrogen-bond acceptors (Lipinski definition) is 1. The number of rotatable bonds is 3. The third kappa shape index (κ3) is 1.88. The van der Waals surface area contributed by atoms with Crippen LogP contribution < -0.4 is 0 Å². The molecule has 0 radical (unpaired) electrons. The first-order valence-electron chi connectivity index (χ1n) is 6.44. The van der Waals surface area contributed by atoms with Crippen LogP contribution in [0, 0.1) is 0 Å². The van der Waals surface area contributed by atoms with E-state index in [9.17, 15) is 4.79 Å². The van der Waals surface area contributed by atoms with E-state index in [1.54, 1.807) is 0 Å². The largest absolute Gasteiger partial charge is 0.358 e. The van der Waals surface area contributed by atoms with Crippen LogP contribution in [0.15, 0.2) is 18.2 Å². The molecule has 2 nitrogen and oxygen atoms in total. The third-order valence-corrected chi connectivity index (χ3v) is 3.71. The maximum atomic E-state index is 10.4. The molecular weight excluding hydrogens is 210 g/mol. The van der Waals surface area contributed by atoms with Crippen LogP contribution in [-0.4, -0.2) is 11.3 Å². The average molecular weight is 227 g/mol. The van der Waals surface area contributed by atoms with E-state index >= 15 is 0 Å². The molecule has 2 aromatic rings. The van der Waals surface area contributed by atoms with Crippen molar-refractivity contribution in [3.05, 3.63) is 35.0 Å². The number of aldehydes is 1. The number of aromatic amines is 1. The smallest absolute Gasteiger partial charge is 0.120 e. The molecule has 88 valence electrons. The summed E-state index contributed by atoms with van der Waals surface area (Å²) in [6.45, 7) is 0. The molecule has 0 fully saturated rings. The molecule has 1 aromatic carbocycles. The molecule has 0 aliphatic heterocycles. The zero-order chi connectivity index (χ0) is 11.7. The number of H-pyrrole nitrogens is 1. The van der Waals surface area contributed by atoms with Crippen LogP contribution in [0.2, 0.25) is 0 Å². The van der Waals surface area contributed by atoms with E-state index in [1.807, 2.05) is 0 Å². The topological polar surface area (TPSA) is 32.9 Å². The highest BCUT2D eigenvalue weighted by Crippen LogP contribution is 2.29. The second-order valence-electron chi connectivity index (χ2n) is 4.87. The van der Waals surface area contributed by atoms with Gasteiger partial charge in [0.15, 0.2) is 0 Å². The molecule has 1 heterocycles. The van der Waals surface area contributed by atoms with Gasteiger partial charge in [-0.25, -0.2) is 0 Å². The maximum Gasteiger partial charge on any atom is 0.120 e. The fourth-order valence-electron chi connectivity index (χ4n) is 2.83. The number of carbonyl (C=O) groups is 1. The predicted molar refractivity (Wildman–Crippen MR) is 69.3 cm³/mol. The molecule has 0 bridgehead atoms. The Morgan fingerprint density at radius 1 is 1.24 bits per heavy atom. The number of nitrogens with one attached hydrogen (secondary N) is 1. The quantitative estimate of drug-likeness (QED) is 0.803. The van der Waals surface area contributed by atoms with E-state index in [2.05, 4.69) is 23.2 Å². The third-order valence-electron chi connectivity index (χ3n) is 3.71. The number of hydrogen-bond donors (Lipinski definition) is 1. The molecular formula is C15H17NO. The second kappa shape index (κ2) is 4.36. The molecule has 0 saturated carbocycles. The molecule has 0 unspecified atom stereocenters. The average Bonchev–Trinajstić information content (AvgIpc) is 2.74. The Morgan fingerprint density at radius 3 is 3.00 bits per heavy atom. The highest BCUT2D eigenvalue weighted by molar-refractivity contribution is 5.85. The molecule has 3 rings (SSSR count). The standard InChI is InChI=1S/C15H17NO/c17-9-3-4-11-7-8-15-13(10-11)12-5-1-2-6-14(12)16-15/h7-10,16H,1-6H2. The molecule has 0 spiro atoms. The Hall–Kier alpha value is -1.57. The van der Waals surface area contributed by atoms with Gasteiger partial charge in [-0.3, -0.25) is 0 Å². The maximum absolute atomic E-state index is 10.4. The van der Waals surface area contributed by atoms with Crippen LogP contribution in [0.1, 0.15) is 36.1 Å². The monoisotopic (exact) mass is 227 g/mol. The Labute approximate surface area is 101 Å². The van der Waals surface area contributed by atoms with Gasteiger partial charge in [-0.05, 0) is 55.4 Å². The van der Waals surface area contributed by atoms with Crippen LogP contribution in [0.4, 0.5) is 0 Å². The lowest BCUT2D eigenvalue weighted by Crippen LogP contribution is -2.00. The van der Waals surface area contributed by atoms with Crippen LogP contribution >= 0.6 is 0 Å². The second-order valence-corrected chi connectivity index (χ2v) is 4.87.